The Morgan fingerprint density at radius 3 is 3.14 bits per heavy atom. The van der Waals surface area contributed by atoms with Gasteiger partial charge in [0.25, 0.3) is 0 Å². The third kappa shape index (κ3) is 0.994. The molecule has 3 heteroatoms. The molecule has 1 heterocycles. The van der Waals surface area contributed by atoms with Gasteiger partial charge in [-0.2, -0.15) is 0 Å². The Morgan fingerprint density at radius 1 is 2.00 bits per heavy atom. The van der Waals surface area contributed by atoms with Crippen molar-refractivity contribution in [2.75, 3.05) is 0 Å². The minimum absolute atomic E-state index is 0.0463. The maximum absolute atomic E-state index is 10.2. The van der Waals surface area contributed by atoms with Crippen molar-refractivity contribution in [3.8, 4) is 0 Å². The molecule has 0 atom stereocenters. The molecular formula is C4H4N2O. The van der Waals surface area contributed by atoms with Crippen LogP contribution in [-0.2, 0) is 4.79 Å². The van der Waals surface area contributed by atoms with Gasteiger partial charge in [-0.15, -0.1) is 0 Å². The number of nitrogens with one attached hydrogen (secondary N) is 1. The van der Waals surface area contributed by atoms with Gasteiger partial charge in [0.2, 0.25) is 12.6 Å². The predicted octanol–water partition coefficient (Wildman–Crippen LogP) is -0.427. The van der Waals surface area contributed by atoms with Crippen LogP contribution in [0, 0.1) is 6.67 Å². The second-order valence-corrected chi connectivity index (χ2v) is 1.18. The van der Waals surface area contributed by atoms with Crippen molar-refractivity contribution < 1.29 is 4.79 Å². The number of carbonyl (C=O) groups is 1. The maximum atomic E-state index is 10.2. The molecule has 1 rings (SSSR count). The second-order valence-electron chi connectivity index (χ2n) is 1.18. The molecule has 0 spiro atoms. The molecule has 0 aromatic rings. The second kappa shape index (κ2) is 1.73. The van der Waals surface area contributed by atoms with E-state index in [0.717, 1.165) is 0 Å². The number of carbonyl (C=O) groups excluding carboxylic acids is 1. The van der Waals surface area contributed by atoms with Crippen LogP contribution in [0.4, 0.5) is 0 Å². The fraction of sp³-hybridized carbons (Fsp3) is 0.250. The number of hydrogen-bond donors (Lipinski definition) is 1. The summed E-state index contributed by atoms with van der Waals surface area (Å²) in [7, 11) is 0. The highest BCUT2D eigenvalue weighted by Gasteiger charge is 2.00. The van der Waals surface area contributed by atoms with Gasteiger partial charge in [-0.1, -0.05) is 0 Å². The molecule has 7 heavy (non-hydrogen) atoms. The topological polar surface area (TPSA) is 41.5 Å². The molecule has 0 bridgehead atoms. The first-order chi connectivity index (χ1) is 3.39. The molecule has 1 amide bonds. The summed E-state index contributed by atoms with van der Waals surface area (Å²) < 4.78 is 0. The van der Waals surface area contributed by atoms with Gasteiger partial charge in [0.1, 0.15) is 0 Å². The molecule has 1 aliphatic rings. The molecule has 3 nitrogen and oxygen atoms in total. The van der Waals surface area contributed by atoms with Gasteiger partial charge in [0.15, 0.2) is 0 Å². The molecule has 0 unspecified atom stereocenters. The molecule has 2 radical (unpaired) electrons. The van der Waals surface area contributed by atoms with Crippen molar-refractivity contribution in [3.63, 3.8) is 0 Å². The Labute approximate surface area is 41.4 Å². The van der Waals surface area contributed by atoms with Crippen LogP contribution in [0.3, 0.4) is 0 Å². The van der Waals surface area contributed by atoms with Gasteiger partial charge in [-0.05, 0) is 0 Å². The van der Waals surface area contributed by atoms with E-state index in [1.807, 2.05) is 0 Å². The molecule has 0 aromatic carbocycles. The minimum Gasteiger partial charge on any atom is -0.324 e. The van der Waals surface area contributed by atoms with Crippen LogP contribution in [0.2, 0.25) is 0 Å². The molecule has 1 aliphatic heterocycles. The summed E-state index contributed by atoms with van der Waals surface area (Å²) in [6, 6.07) is 0. The Bertz CT molecular complexity index is 108. The van der Waals surface area contributed by atoms with E-state index in [-0.39, 0.29) is 5.91 Å². The van der Waals surface area contributed by atoms with Gasteiger partial charge in [0.05, 0.1) is 6.42 Å². The molecule has 1 N–H and O–H groups in total. The summed E-state index contributed by atoms with van der Waals surface area (Å²) >= 11 is 0. The average Bonchev–Trinajstić information content (AvgIpc) is 1.69. The van der Waals surface area contributed by atoms with E-state index in [1.165, 1.54) is 6.21 Å². The van der Waals surface area contributed by atoms with Crippen LogP contribution >= 0.6 is 0 Å². The third-order valence-corrected chi connectivity index (χ3v) is 0.628. The Hall–Kier alpha value is -0.860. The normalized spacial score (nSPS) is 19.1. The van der Waals surface area contributed by atoms with Crippen molar-refractivity contribution in [2.24, 2.45) is 4.99 Å². The molecule has 36 valence electrons. The van der Waals surface area contributed by atoms with Crippen LogP contribution in [0.15, 0.2) is 4.99 Å². The van der Waals surface area contributed by atoms with Gasteiger partial charge in [-0.25, -0.2) is 0 Å². The van der Waals surface area contributed by atoms with Crippen LogP contribution in [0.5, 0.6) is 0 Å². The fourth-order valence-corrected chi connectivity index (χ4v) is 0.320. The maximum Gasteiger partial charge on any atom is 0.228 e. The first kappa shape index (κ1) is 4.30. The number of rotatable bonds is 0. The lowest BCUT2D eigenvalue weighted by molar-refractivity contribution is -0.119. The first-order valence-electron chi connectivity index (χ1n) is 1.95. The number of nitrogens with zero attached hydrogens (tertiary/aromatic N) is 1. The zero-order chi connectivity index (χ0) is 5.11. The summed E-state index contributed by atoms with van der Waals surface area (Å²) in [5.41, 5.74) is 0. The van der Waals surface area contributed by atoms with Crippen LogP contribution < -0.4 is 5.32 Å². The number of amides is 1. The molecule has 0 aliphatic carbocycles. The third-order valence-electron chi connectivity index (χ3n) is 0.628. The summed E-state index contributed by atoms with van der Waals surface area (Å²) in [6.07, 6.45) is 1.89. The largest absolute Gasteiger partial charge is 0.324 e. The van der Waals surface area contributed by atoms with E-state index in [4.69, 9.17) is 0 Å². The highest BCUT2D eigenvalue weighted by Crippen LogP contribution is 1.84. The summed E-state index contributed by atoms with van der Waals surface area (Å²) in [4.78, 5) is 13.7. The van der Waals surface area contributed by atoms with Crippen molar-refractivity contribution in [1.82, 2.24) is 5.32 Å². The summed E-state index contributed by atoms with van der Waals surface area (Å²) in [5.74, 6) is -0.0463. The lowest BCUT2D eigenvalue weighted by Crippen LogP contribution is -2.22. The van der Waals surface area contributed by atoms with Crippen LogP contribution in [0.1, 0.15) is 6.42 Å². The lowest BCUT2D eigenvalue weighted by Gasteiger charge is -1.99. The minimum atomic E-state index is -0.0463. The van der Waals surface area contributed by atoms with E-state index >= 15 is 0 Å². The van der Waals surface area contributed by atoms with Crippen LogP contribution in [0.25, 0.3) is 0 Å². The molecule has 0 fully saturated rings. The fourth-order valence-electron chi connectivity index (χ4n) is 0.320. The average molecular weight is 96.1 g/mol. The lowest BCUT2D eigenvalue weighted by atomic mass is 10.4. The van der Waals surface area contributed by atoms with Crippen molar-refractivity contribution in [1.29, 1.82) is 0 Å². The monoisotopic (exact) mass is 96.0 g/mol. The standard InChI is InChI=1S/C4H4N2O/c7-4-1-2-5-3-6-4/h2H,1H2,(H,6,7). The Kier molecular flexibility index (Phi) is 1.06. The number of hydrogen-bond acceptors (Lipinski definition) is 2. The highest BCUT2D eigenvalue weighted by atomic mass is 16.1. The number of aliphatic imine (C=N–C) groups is 1. The summed E-state index contributed by atoms with van der Waals surface area (Å²) in [5, 5.41) is 2.30. The Balaban J connectivity index is 2.47. The molecule has 0 saturated heterocycles. The van der Waals surface area contributed by atoms with Gasteiger partial charge < -0.3 is 5.32 Å². The van der Waals surface area contributed by atoms with E-state index < -0.39 is 0 Å². The van der Waals surface area contributed by atoms with Gasteiger partial charge in [-0.3, -0.25) is 9.79 Å². The zero-order valence-electron chi connectivity index (χ0n) is 3.64. The van der Waals surface area contributed by atoms with Gasteiger partial charge >= 0.3 is 0 Å². The predicted molar refractivity (Wildman–Crippen MR) is 24.5 cm³/mol. The molecule has 0 aromatic heterocycles. The van der Waals surface area contributed by atoms with E-state index in [9.17, 15) is 4.79 Å². The quantitative estimate of drug-likeness (QED) is 0.437. The molecular weight excluding hydrogens is 92.1 g/mol. The smallest absolute Gasteiger partial charge is 0.228 e. The Morgan fingerprint density at radius 2 is 2.86 bits per heavy atom. The van der Waals surface area contributed by atoms with E-state index in [1.54, 1.807) is 0 Å². The first-order valence-corrected chi connectivity index (χ1v) is 1.95. The van der Waals surface area contributed by atoms with Crippen LogP contribution in [-0.4, -0.2) is 12.1 Å². The van der Waals surface area contributed by atoms with Crippen molar-refractivity contribution in [3.05, 3.63) is 6.67 Å². The molecule has 0 saturated carbocycles. The summed E-state index contributed by atoms with van der Waals surface area (Å²) in [6.45, 7) is 2.30. The van der Waals surface area contributed by atoms with Crippen molar-refractivity contribution in [2.45, 2.75) is 6.42 Å². The van der Waals surface area contributed by atoms with E-state index in [2.05, 4.69) is 17.0 Å². The highest BCUT2D eigenvalue weighted by molar-refractivity contribution is 5.91. The zero-order valence-corrected chi connectivity index (χ0v) is 3.64. The SMILES string of the molecule is O=C1CC=N[C]N1. The van der Waals surface area contributed by atoms with Gasteiger partial charge in [0, 0.05) is 6.21 Å². The van der Waals surface area contributed by atoms with E-state index in [0.29, 0.717) is 6.42 Å². The van der Waals surface area contributed by atoms with Crippen molar-refractivity contribution >= 4 is 12.1 Å².